The molecule has 2 aromatic rings. The van der Waals surface area contributed by atoms with Crippen LogP contribution in [0.5, 0.6) is 0 Å². The number of carbonyl (C=O) groups is 4. The van der Waals surface area contributed by atoms with Gasteiger partial charge < -0.3 is 25.7 Å². The van der Waals surface area contributed by atoms with Gasteiger partial charge >= 0.3 is 11.9 Å². The summed E-state index contributed by atoms with van der Waals surface area (Å²) in [4.78, 5) is 55.3. The number of β-lactam (4-membered cyclic amide) rings is 1. The fourth-order valence-corrected chi connectivity index (χ4v) is 5.76. The lowest BCUT2D eigenvalue weighted by molar-refractivity contribution is -0.182. The molecule has 4 rings (SSSR count). The molecule has 4 heterocycles. The van der Waals surface area contributed by atoms with Gasteiger partial charge in [-0.05, 0) is 23.2 Å². The molecule has 2 aliphatic heterocycles. The number of amides is 2. The van der Waals surface area contributed by atoms with Gasteiger partial charge in [-0.3, -0.25) is 19.3 Å². The van der Waals surface area contributed by atoms with Crippen molar-refractivity contribution in [1.29, 1.82) is 0 Å². The highest BCUT2D eigenvalue weighted by Crippen LogP contribution is 2.41. The van der Waals surface area contributed by atoms with E-state index in [1.54, 1.807) is 17.5 Å². The number of nitrogen functional groups attached to an aromatic ring is 1. The van der Waals surface area contributed by atoms with E-state index in [1.807, 2.05) is 0 Å². The molecule has 0 aliphatic carbocycles. The van der Waals surface area contributed by atoms with Crippen LogP contribution < -0.4 is 11.1 Å². The van der Waals surface area contributed by atoms with Gasteiger partial charge in [0, 0.05) is 30.4 Å². The molecule has 0 radical (unpaired) electrons. The van der Waals surface area contributed by atoms with Crippen molar-refractivity contribution in [2.45, 2.75) is 31.6 Å². The Morgan fingerprint density at radius 1 is 1.32 bits per heavy atom. The molecule has 0 bridgehead atoms. The lowest BCUT2D eigenvalue weighted by Gasteiger charge is -2.49. The molecule has 2 aliphatic rings. The van der Waals surface area contributed by atoms with Crippen LogP contribution in [-0.4, -0.2) is 77.6 Å². The standard InChI is InChI=1S/C20H19N7O7S3/c1-8(28)33-9(2)34-19(31)15-10(3-4-11-6-37-26-24-11)5-35-18-14(17(30)27(15)18)23-16(29)13(25-32)12-7-36-20(21)22-12/h3-4,6-7,9,14,18,32H,5H2,1-2H3,(H2,21,22)(H,23,29)/b4-3-,25-13+/t9?,14?,18-/m1/s1. The zero-order valence-electron chi connectivity index (χ0n) is 19.2. The van der Waals surface area contributed by atoms with Crippen molar-refractivity contribution >= 4 is 75.3 Å². The van der Waals surface area contributed by atoms with E-state index in [0.717, 1.165) is 22.9 Å². The quantitative estimate of drug-likeness (QED) is 0.101. The number of nitrogens with zero attached hydrogens (tertiary/aromatic N) is 5. The first-order chi connectivity index (χ1) is 17.7. The predicted molar refractivity (Wildman–Crippen MR) is 133 cm³/mol. The molecule has 4 N–H and O–H groups in total. The molecule has 2 aromatic heterocycles. The van der Waals surface area contributed by atoms with Crippen LogP contribution in [0, 0.1) is 0 Å². The van der Waals surface area contributed by atoms with E-state index in [1.165, 1.54) is 35.9 Å². The van der Waals surface area contributed by atoms with Crippen LogP contribution in [-0.2, 0) is 28.7 Å². The fourth-order valence-electron chi connectivity index (χ4n) is 3.47. The zero-order valence-corrected chi connectivity index (χ0v) is 21.6. The number of allylic oxidation sites excluding steroid dienone is 1. The highest BCUT2D eigenvalue weighted by atomic mass is 32.2. The second-order valence-corrected chi connectivity index (χ2v) is 10.1. The number of nitrogens with one attached hydrogen (secondary N) is 1. The van der Waals surface area contributed by atoms with E-state index < -0.39 is 47.2 Å². The minimum Gasteiger partial charge on any atom is -0.426 e. The molecule has 2 unspecified atom stereocenters. The monoisotopic (exact) mass is 565 g/mol. The third kappa shape index (κ3) is 5.62. The molecule has 1 saturated heterocycles. The molecular weight excluding hydrogens is 546 g/mol. The van der Waals surface area contributed by atoms with Crippen molar-refractivity contribution in [3.63, 3.8) is 0 Å². The van der Waals surface area contributed by atoms with Gasteiger partial charge in [0.15, 0.2) is 10.8 Å². The van der Waals surface area contributed by atoms with Crippen LogP contribution in [0.2, 0.25) is 0 Å². The Kier molecular flexibility index (Phi) is 7.84. The molecule has 0 saturated carbocycles. The van der Waals surface area contributed by atoms with E-state index in [4.69, 9.17) is 15.2 Å². The third-order valence-corrected chi connectivity index (χ3v) is 7.49. The van der Waals surface area contributed by atoms with Gasteiger partial charge in [-0.15, -0.1) is 28.2 Å². The van der Waals surface area contributed by atoms with Gasteiger partial charge in [-0.2, -0.15) is 0 Å². The molecule has 2 amide bonds. The van der Waals surface area contributed by atoms with Crippen molar-refractivity contribution in [3.05, 3.63) is 39.5 Å². The number of carbonyl (C=O) groups excluding carboxylic acids is 4. The maximum atomic E-state index is 13.1. The maximum absolute atomic E-state index is 13.1. The van der Waals surface area contributed by atoms with Crippen LogP contribution in [0.25, 0.3) is 6.08 Å². The molecule has 3 atom stereocenters. The highest BCUT2D eigenvalue weighted by molar-refractivity contribution is 8.00. The summed E-state index contributed by atoms with van der Waals surface area (Å²) in [6.07, 6.45) is 2.06. The Morgan fingerprint density at radius 2 is 2.11 bits per heavy atom. The van der Waals surface area contributed by atoms with Crippen molar-refractivity contribution < 1.29 is 33.9 Å². The average Bonchev–Trinajstić information content (AvgIpc) is 3.52. The van der Waals surface area contributed by atoms with Crippen LogP contribution in [0.3, 0.4) is 0 Å². The summed E-state index contributed by atoms with van der Waals surface area (Å²) >= 11 is 3.50. The molecule has 0 spiro atoms. The van der Waals surface area contributed by atoms with Crippen molar-refractivity contribution in [2.24, 2.45) is 5.16 Å². The minimum atomic E-state index is -1.20. The summed E-state index contributed by atoms with van der Waals surface area (Å²) in [6, 6.07) is -1.02. The number of rotatable bonds is 8. The second-order valence-electron chi connectivity index (χ2n) is 7.50. The summed E-state index contributed by atoms with van der Waals surface area (Å²) in [5.41, 5.74) is 6.18. The predicted octanol–water partition coefficient (Wildman–Crippen LogP) is 0.575. The van der Waals surface area contributed by atoms with E-state index in [0.29, 0.717) is 11.3 Å². The van der Waals surface area contributed by atoms with Gasteiger partial charge in [0.1, 0.15) is 22.8 Å². The average molecular weight is 566 g/mol. The number of ether oxygens (including phenoxy) is 2. The van der Waals surface area contributed by atoms with E-state index in [9.17, 15) is 24.4 Å². The number of aromatic nitrogens is 3. The lowest BCUT2D eigenvalue weighted by atomic mass is 10.0. The van der Waals surface area contributed by atoms with Crippen molar-refractivity contribution in [3.8, 4) is 0 Å². The molecule has 1 fully saturated rings. The molecule has 17 heteroatoms. The number of nitrogens with two attached hydrogens (primary N) is 1. The topological polar surface area (TPSA) is 199 Å². The molecular formula is C20H19N7O7S3. The van der Waals surface area contributed by atoms with Gasteiger partial charge in [0.25, 0.3) is 11.8 Å². The summed E-state index contributed by atoms with van der Waals surface area (Å²) in [7, 11) is 0. The van der Waals surface area contributed by atoms with Crippen LogP contribution in [0.4, 0.5) is 5.13 Å². The molecule has 37 heavy (non-hydrogen) atoms. The number of oxime groups is 1. The third-order valence-electron chi connectivity index (χ3n) is 4.99. The van der Waals surface area contributed by atoms with Crippen molar-refractivity contribution in [1.82, 2.24) is 24.8 Å². The first kappa shape index (κ1) is 26.2. The lowest BCUT2D eigenvalue weighted by Crippen LogP contribution is -2.71. The Morgan fingerprint density at radius 3 is 2.73 bits per heavy atom. The summed E-state index contributed by atoms with van der Waals surface area (Å²) in [5, 5.41) is 21.4. The molecule has 194 valence electrons. The number of esters is 2. The smallest absolute Gasteiger partial charge is 0.358 e. The first-order valence-corrected chi connectivity index (χ1v) is 13.2. The van der Waals surface area contributed by atoms with Crippen LogP contribution in [0.1, 0.15) is 25.2 Å². The summed E-state index contributed by atoms with van der Waals surface area (Å²) in [5.74, 6) is -2.68. The number of fused-ring (bicyclic) bond motifs is 1. The maximum Gasteiger partial charge on any atom is 0.358 e. The Hall–Kier alpha value is -3.83. The summed E-state index contributed by atoms with van der Waals surface area (Å²) < 4.78 is 13.9. The Bertz CT molecular complexity index is 1320. The Balaban J connectivity index is 1.56. The second kappa shape index (κ2) is 11.1. The number of anilines is 1. The largest absolute Gasteiger partial charge is 0.426 e. The first-order valence-electron chi connectivity index (χ1n) is 10.4. The molecule has 14 nitrogen and oxygen atoms in total. The molecule has 0 aromatic carbocycles. The van der Waals surface area contributed by atoms with Gasteiger partial charge in [0.2, 0.25) is 6.29 Å². The number of thioether (sulfide) groups is 1. The number of thiazole rings is 1. The van der Waals surface area contributed by atoms with E-state index in [2.05, 4.69) is 25.0 Å². The number of hydrogen-bond donors (Lipinski definition) is 3. The normalized spacial score (nSPS) is 20.3. The van der Waals surface area contributed by atoms with Gasteiger partial charge in [0.05, 0.1) is 5.69 Å². The fraction of sp³-hybridized carbons (Fsp3) is 0.300. The van der Waals surface area contributed by atoms with Crippen LogP contribution >= 0.6 is 34.6 Å². The summed E-state index contributed by atoms with van der Waals surface area (Å²) in [6.45, 7) is 2.54. The number of hydrogen-bond acceptors (Lipinski definition) is 15. The zero-order chi connectivity index (χ0) is 26.7. The van der Waals surface area contributed by atoms with Crippen molar-refractivity contribution in [2.75, 3.05) is 11.5 Å². The SMILES string of the molecule is CC(=O)OC(C)OC(=O)C1=C(/C=C\c2csnn2)CS[C@@H]2C(NC(=O)/C(=N/O)c3csc(N)n3)C(=O)N12. The van der Waals surface area contributed by atoms with Gasteiger partial charge in [-0.25, -0.2) is 9.78 Å². The van der Waals surface area contributed by atoms with Gasteiger partial charge in [-0.1, -0.05) is 15.7 Å². The van der Waals surface area contributed by atoms with E-state index >= 15 is 0 Å². The minimum absolute atomic E-state index is 0.0509. The van der Waals surface area contributed by atoms with E-state index in [-0.39, 0.29) is 22.3 Å². The van der Waals surface area contributed by atoms with Crippen LogP contribution in [0.15, 0.2) is 33.3 Å². The Labute approximate surface area is 221 Å². The highest BCUT2D eigenvalue weighted by Gasteiger charge is 2.54.